The quantitative estimate of drug-likeness (QED) is 0.898. The third-order valence-electron chi connectivity index (χ3n) is 2.35. The number of carbonyl (C=O) groups is 1. The van der Waals surface area contributed by atoms with Crippen molar-refractivity contribution in [1.82, 2.24) is 5.32 Å². The fourth-order valence-corrected chi connectivity index (χ4v) is 1.25. The van der Waals surface area contributed by atoms with Crippen molar-refractivity contribution in [3.8, 4) is 5.75 Å². The van der Waals surface area contributed by atoms with Crippen LogP contribution in [0.25, 0.3) is 0 Å². The van der Waals surface area contributed by atoms with Gasteiger partial charge in [0.2, 0.25) is 5.91 Å². The molecule has 0 radical (unpaired) electrons. The number of carbonyl (C=O) groups excluding carboxylic acids is 1. The zero-order valence-electron chi connectivity index (χ0n) is 10.5. The molecule has 0 saturated heterocycles. The SMILES string of the molecule is COC(C)C(=O)NCc1ccc(OC(F)(F)F)cc1. The zero-order valence-corrected chi connectivity index (χ0v) is 10.5. The summed E-state index contributed by atoms with van der Waals surface area (Å²) in [4.78, 5) is 11.4. The summed E-state index contributed by atoms with van der Waals surface area (Å²) >= 11 is 0. The number of rotatable bonds is 5. The summed E-state index contributed by atoms with van der Waals surface area (Å²) in [6.45, 7) is 1.80. The van der Waals surface area contributed by atoms with E-state index >= 15 is 0 Å². The highest BCUT2D eigenvalue weighted by Gasteiger charge is 2.30. The molecule has 7 heteroatoms. The van der Waals surface area contributed by atoms with Crippen molar-refractivity contribution in [1.29, 1.82) is 0 Å². The maximum Gasteiger partial charge on any atom is 0.573 e. The van der Waals surface area contributed by atoms with Gasteiger partial charge in [0, 0.05) is 13.7 Å². The van der Waals surface area contributed by atoms with Gasteiger partial charge in [-0.15, -0.1) is 13.2 Å². The lowest BCUT2D eigenvalue weighted by Crippen LogP contribution is -2.33. The Kier molecular flexibility index (Phi) is 5.17. The van der Waals surface area contributed by atoms with Gasteiger partial charge in [-0.05, 0) is 24.6 Å². The van der Waals surface area contributed by atoms with Crippen LogP contribution in [-0.2, 0) is 16.1 Å². The Morgan fingerprint density at radius 2 is 1.89 bits per heavy atom. The molecule has 0 aliphatic carbocycles. The molecule has 0 heterocycles. The fraction of sp³-hybridized carbons (Fsp3) is 0.417. The van der Waals surface area contributed by atoms with E-state index < -0.39 is 12.5 Å². The van der Waals surface area contributed by atoms with Gasteiger partial charge < -0.3 is 14.8 Å². The van der Waals surface area contributed by atoms with Gasteiger partial charge in [0.15, 0.2) is 0 Å². The highest BCUT2D eigenvalue weighted by atomic mass is 19.4. The van der Waals surface area contributed by atoms with Gasteiger partial charge in [0.25, 0.3) is 0 Å². The van der Waals surface area contributed by atoms with E-state index in [-0.39, 0.29) is 18.2 Å². The Bertz CT molecular complexity index is 417. The molecule has 19 heavy (non-hydrogen) atoms. The molecule has 0 aromatic heterocycles. The lowest BCUT2D eigenvalue weighted by molar-refractivity contribution is -0.274. The van der Waals surface area contributed by atoms with Crippen molar-refractivity contribution in [3.05, 3.63) is 29.8 Å². The molecule has 0 aliphatic heterocycles. The molecule has 1 aromatic carbocycles. The summed E-state index contributed by atoms with van der Waals surface area (Å²) in [5.74, 6) is -0.592. The van der Waals surface area contributed by atoms with Crippen molar-refractivity contribution in [2.75, 3.05) is 7.11 Å². The topological polar surface area (TPSA) is 47.6 Å². The van der Waals surface area contributed by atoms with Gasteiger partial charge in [-0.2, -0.15) is 0 Å². The van der Waals surface area contributed by atoms with Gasteiger partial charge in [-0.1, -0.05) is 12.1 Å². The second-order valence-corrected chi connectivity index (χ2v) is 3.79. The standard InChI is InChI=1S/C12H14F3NO3/c1-8(18-2)11(17)16-7-9-3-5-10(6-4-9)19-12(13,14)15/h3-6,8H,7H2,1-2H3,(H,16,17). The van der Waals surface area contributed by atoms with E-state index in [0.717, 1.165) is 0 Å². The van der Waals surface area contributed by atoms with Crippen LogP contribution in [0.1, 0.15) is 12.5 Å². The molecule has 0 saturated carbocycles. The Morgan fingerprint density at radius 1 is 1.32 bits per heavy atom. The summed E-state index contributed by atoms with van der Waals surface area (Å²) in [5, 5.41) is 2.59. The third-order valence-corrected chi connectivity index (χ3v) is 2.35. The van der Waals surface area contributed by atoms with Crippen molar-refractivity contribution < 1.29 is 27.4 Å². The predicted molar refractivity (Wildman–Crippen MR) is 61.4 cm³/mol. The van der Waals surface area contributed by atoms with Gasteiger partial charge in [-0.3, -0.25) is 4.79 Å². The molecular formula is C12H14F3NO3. The van der Waals surface area contributed by atoms with Crippen LogP contribution in [0.5, 0.6) is 5.75 Å². The Morgan fingerprint density at radius 3 is 2.37 bits per heavy atom. The normalized spacial score (nSPS) is 12.9. The van der Waals surface area contributed by atoms with E-state index in [9.17, 15) is 18.0 Å². The second kappa shape index (κ2) is 6.42. The maximum absolute atomic E-state index is 11.9. The van der Waals surface area contributed by atoms with Crippen LogP contribution in [-0.4, -0.2) is 25.5 Å². The number of ether oxygens (including phenoxy) is 2. The largest absolute Gasteiger partial charge is 0.573 e. The third kappa shape index (κ3) is 5.60. The van der Waals surface area contributed by atoms with Crippen molar-refractivity contribution in [2.45, 2.75) is 25.9 Å². The average molecular weight is 277 g/mol. The molecule has 1 amide bonds. The summed E-state index contributed by atoms with van der Waals surface area (Å²) in [7, 11) is 1.41. The molecule has 0 bridgehead atoms. The average Bonchev–Trinajstić information content (AvgIpc) is 2.34. The van der Waals surface area contributed by atoms with Crippen LogP contribution in [0.2, 0.25) is 0 Å². The minimum absolute atomic E-state index is 0.207. The van der Waals surface area contributed by atoms with Gasteiger partial charge in [0.05, 0.1) is 0 Å². The van der Waals surface area contributed by atoms with Gasteiger partial charge >= 0.3 is 6.36 Å². The fourth-order valence-electron chi connectivity index (χ4n) is 1.25. The molecule has 0 fully saturated rings. The zero-order chi connectivity index (χ0) is 14.5. The number of methoxy groups -OCH3 is 1. The summed E-state index contributed by atoms with van der Waals surface area (Å²) in [5.41, 5.74) is 0.658. The number of hydrogen-bond acceptors (Lipinski definition) is 3. The summed E-state index contributed by atoms with van der Waals surface area (Å²) in [6.07, 6.45) is -5.28. The number of benzene rings is 1. The minimum atomic E-state index is -4.70. The van der Waals surface area contributed by atoms with E-state index in [4.69, 9.17) is 4.74 Å². The lowest BCUT2D eigenvalue weighted by atomic mass is 10.2. The highest BCUT2D eigenvalue weighted by Crippen LogP contribution is 2.22. The molecule has 1 aromatic rings. The molecule has 0 aliphatic rings. The van der Waals surface area contributed by atoms with Crippen LogP contribution in [0, 0.1) is 0 Å². The first-order chi connectivity index (χ1) is 8.81. The van der Waals surface area contributed by atoms with E-state index in [0.29, 0.717) is 5.56 Å². The van der Waals surface area contributed by atoms with Gasteiger partial charge in [-0.25, -0.2) is 0 Å². The molecule has 1 rings (SSSR count). The van der Waals surface area contributed by atoms with Crippen molar-refractivity contribution in [2.24, 2.45) is 0 Å². The Labute approximate surface area is 108 Å². The van der Waals surface area contributed by atoms with E-state index in [2.05, 4.69) is 10.1 Å². The molecular weight excluding hydrogens is 263 g/mol. The number of halogens is 3. The summed E-state index contributed by atoms with van der Waals surface area (Å²) in [6, 6.07) is 5.26. The van der Waals surface area contributed by atoms with Crippen LogP contribution >= 0.6 is 0 Å². The van der Waals surface area contributed by atoms with Gasteiger partial charge in [0.1, 0.15) is 11.9 Å². The van der Waals surface area contributed by atoms with E-state index in [1.54, 1.807) is 6.92 Å². The first-order valence-corrected chi connectivity index (χ1v) is 5.47. The number of alkyl halides is 3. The van der Waals surface area contributed by atoms with Crippen LogP contribution in [0.4, 0.5) is 13.2 Å². The minimum Gasteiger partial charge on any atom is -0.406 e. The van der Waals surface area contributed by atoms with Crippen LogP contribution in [0.3, 0.4) is 0 Å². The second-order valence-electron chi connectivity index (χ2n) is 3.79. The summed E-state index contributed by atoms with van der Waals surface area (Å²) < 4.78 is 44.3. The van der Waals surface area contributed by atoms with E-state index in [1.807, 2.05) is 0 Å². The monoisotopic (exact) mass is 277 g/mol. The molecule has 1 unspecified atom stereocenters. The first-order valence-electron chi connectivity index (χ1n) is 5.47. The van der Waals surface area contributed by atoms with Crippen molar-refractivity contribution in [3.63, 3.8) is 0 Å². The molecule has 1 atom stereocenters. The molecule has 1 N–H and O–H groups in total. The van der Waals surface area contributed by atoms with Crippen LogP contribution in [0.15, 0.2) is 24.3 Å². The number of hydrogen-bond donors (Lipinski definition) is 1. The number of amides is 1. The first kappa shape index (κ1) is 15.3. The smallest absolute Gasteiger partial charge is 0.406 e. The van der Waals surface area contributed by atoms with Crippen molar-refractivity contribution >= 4 is 5.91 Å². The lowest BCUT2D eigenvalue weighted by Gasteiger charge is -2.11. The predicted octanol–water partition coefficient (Wildman–Crippen LogP) is 2.24. The Balaban J connectivity index is 2.51. The highest BCUT2D eigenvalue weighted by molar-refractivity contribution is 5.80. The molecule has 106 valence electrons. The van der Waals surface area contributed by atoms with E-state index in [1.165, 1.54) is 31.4 Å². The number of nitrogens with one attached hydrogen (secondary N) is 1. The Hall–Kier alpha value is -1.76. The molecule has 4 nitrogen and oxygen atoms in total. The molecule has 0 spiro atoms. The maximum atomic E-state index is 11.9. The van der Waals surface area contributed by atoms with Crippen LogP contribution < -0.4 is 10.1 Å².